The van der Waals surface area contributed by atoms with Gasteiger partial charge in [0.05, 0.1) is 0 Å². The Balaban J connectivity index is -0.0000000158. The second-order valence-electron chi connectivity index (χ2n) is 0.594. The number of nitrogens with zero attached hydrogens (tertiary/aromatic N) is 2. The van der Waals surface area contributed by atoms with Crippen LogP contribution in [-0.4, -0.2) is 6.30 Å². The number of hydrogen-bond acceptors (Lipinski definition) is 1. The van der Waals surface area contributed by atoms with Crippen LogP contribution in [0.5, 0.6) is 0 Å². The van der Waals surface area contributed by atoms with Gasteiger partial charge in [0.2, 0.25) is 0 Å². The molecular weight excluding hydrogens is 275 g/mol. The third-order valence-corrected chi connectivity index (χ3v) is 0.220. The predicted octanol–water partition coefficient (Wildman–Crippen LogP) is 0.535. The van der Waals surface area contributed by atoms with Crippen LogP contribution in [0.1, 0.15) is 0 Å². The van der Waals surface area contributed by atoms with E-state index in [1.54, 1.807) is 0 Å². The van der Waals surface area contributed by atoms with E-state index in [2.05, 4.69) is 38.1 Å². The Morgan fingerprint density at radius 1 is 0.882 bits per heavy atom. The summed E-state index contributed by atoms with van der Waals surface area (Å²) in [5.41, 5.74) is 0. The van der Waals surface area contributed by atoms with Crippen molar-refractivity contribution in [2.45, 2.75) is 6.30 Å². The minimum absolute atomic E-state index is 0. The molecule has 0 aromatic rings. The van der Waals surface area contributed by atoms with Gasteiger partial charge in [-0.1, -0.05) is 0 Å². The molecule has 0 radical (unpaired) electrons. The summed E-state index contributed by atoms with van der Waals surface area (Å²) in [6.07, 6.45) is -1.97. The number of hydrogen-bond donors (Lipinski definition) is 0. The number of nitriles is 1. The number of halogens is 1. The van der Waals surface area contributed by atoms with Crippen LogP contribution in [0.4, 0.5) is 4.39 Å². The molecule has 0 fully saturated rings. The van der Waals surface area contributed by atoms with E-state index in [0.29, 0.717) is 0 Å². The Hall–Kier alpha value is -1.86. The molecule has 0 aromatic heterocycles. The third-order valence-electron chi connectivity index (χ3n) is 0.220. The average molecular weight is 276 g/mol. The molecule has 0 aliphatic carbocycles. The summed E-state index contributed by atoms with van der Waals surface area (Å²) < 4.78 is 48.6. The Kier molecular flexibility index (Phi) is 665. The van der Waals surface area contributed by atoms with Gasteiger partial charge in [0.1, 0.15) is 0 Å². The van der Waals surface area contributed by atoms with E-state index in [0.717, 1.165) is 6.07 Å². The van der Waals surface area contributed by atoms with Crippen LogP contribution in [0.3, 0.4) is 0 Å². The molecule has 1 unspecified atom stereocenters. The maximum atomic E-state index is 11.1. The van der Waals surface area contributed by atoms with Crippen molar-refractivity contribution >= 4 is 0 Å². The van der Waals surface area contributed by atoms with Crippen LogP contribution in [0, 0.1) is 51.2 Å². The molecule has 0 aromatic carbocycles. The first-order valence-corrected chi connectivity index (χ1v) is 2.23. The molecule has 0 saturated carbocycles. The molecule has 0 rings (SSSR count). The van der Waals surface area contributed by atoms with Crippen LogP contribution in [0.2, 0.25) is 0 Å². The normalized spacial score (nSPS) is 4.53. The number of alkyl halides is 1. The first-order valence-electron chi connectivity index (χ1n) is 2.23. The van der Waals surface area contributed by atoms with Gasteiger partial charge < -0.3 is 0 Å². The maximum Gasteiger partial charge on any atom is 0 e. The fraction of sp³-hybridized carbons (Fsp3) is 0.125. The molecule has 0 aliphatic heterocycles. The van der Waals surface area contributed by atoms with Crippen molar-refractivity contribution in [3.8, 4) is 6.07 Å². The summed E-state index contributed by atoms with van der Waals surface area (Å²) in [5, 5.41) is 7.50. The van der Waals surface area contributed by atoms with E-state index in [1.165, 1.54) is 0 Å². The van der Waals surface area contributed by atoms with Gasteiger partial charge in [-0.3, -0.25) is 4.85 Å². The zero-order valence-electron chi connectivity index (χ0n) is 7.80. The van der Waals surface area contributed by atoms with E-state index in [-0.39, 0.29) is 17.4 Å². The molecule has 86 valence electrons. The smallest absolute Gasteiger partial charge is 0 e. The zero-order chi connectivity index (χ0) is 15.0. The van der Waals surface area contributed by atoms with Gasteiger partial charge in [-0.05, 0) is 0 Å². The van der Waals surface area contributed by atoms with Crippen LogP contribution < -0.4 is 0 Å². The van der Waals surface area contributed by atoms with Gasteiger partial charge in [-0.2, -0.15) is 5.26 Å². The first kappa shape index (κ1) is 45.7. The summed E-state index contributed by atoms with van der Waals surface area (Å²) in [5.74, 6) is 0. The molecule has 1 atom stereocenters. The Morgan fingerprint density at radius 3 is 1.06 bits per heavy atom. The summed E-state index contributed by atoms with van der Waals surface area (Å²) in [7, 11) is 0. The van der Waals surface area contributed by atoms with Crippen molar-refractivity contribution in [3.05, 3.63) is 44.7 Å². The molecule has 0 spiro atoms. The Bertz CT molecular complexity index is 235. The van der Waals surface area contributed by atoms with Crippen molar-refractivity contribution in [3.63, 3.8) is 0 Å². The summed E-state index contributed by atoms with van der Waals surface area (Å²) in [4.78, 5) is 2.23. The number of rotatable bonds is 0. The van der Waals surface area contributed by atoms with Gasteiger partial charge in [0.25, 0.3) is 0 Å². The van der Waals surface area contributed by atoms with Gasteiger partial charge in [0.15, 0.2) is 6.07 Å². The molecular formula is C8HCrFN2O5. The largest absolute Gasteiger partial charge is 0 e. The molecule has 17 heavy (non-hydrogen) atoms. The van der Waals surface area contributed by atoms with E-state index in [4.69, 9.17) is 35.1 Å². The van der Waals surface area contributed by atoms with E-state index >= 15 is 0 Å². The fourth-order valence-electron chi connectivity index (χ4n) is 0.0289. The minimum Gasteiger partial charge on any atom is 0 e. The second kappa shape index (κ2) is 247. The fourth-order valence-corrected chi connectivity index (χ4v) is 0.0289. The van der Waals surface area contributed by atoms with Crippen LogP contribution in [-0.2, 0) is 40.6 Å². The zero-order valence-corrected chi connectivity index (χ0v) is 9.07. The summed E-state index contributed by atoms with van der Waals surface area (Å²) in [6.45, 7) is 28.3. The van der Waals surface area contributed by atoms with Crippen LogP contribution in [0.15, 0.2) is 0 Å². The van der Waals surface area contributed by atoms with Gasteiger partial charge in [-0.25, -0.2) is 6.57 Å². The molecule has 9 heteroatoms. The van der Waals surface area contributed by atoms with Crippen molar-refractivity contribution < 1.29 is 45.0 Å². The molecule has 0 amide bonds. The standard InChI is InChI=1S/C3HFN2.5CO.Cr/c1-6-3(4)2-5;5*1-2;/h3H;;;;;;. The maximum absolute atomic E-state index is 11.1. The molecule has 0 bridgehead atoms. The Labute approximate surface area is 108 Å². The summed E-state index contributed by atoms with van der Waals surface area (Å²) >= 11 is 0. The van der Waals surface area contributed by atoms with Crippen molar-refractivity contribution in [1.82, 2.24) is 0 Å². The second-order valence-corrected chi connectivity index (χ2v) is 0.594. The van der Waals surface area contributed by atoms with Crippen LogP contribution in [0.25, 0.3) is 4.85 Å². The van der Waals surface area contributed by atoms with Crippen molar-refractivity contribution in [2.24, 2.45) is 0 Å². The van der Waals surface area contributed by atoms with E-state index in [9.17, 15) is 4.39 Å². The Morgan fingerprint density at radius 2 is 1.06 bits per heavy atom. The topological polar surface area (TPSA) is 128 Å². The molecule has 0 saturated heterocycles. The monoisotopic (exact) mass is 276 g/mol. The summed E-state index contributed by atoms with van der Waals surface area (Å²) in [6, 6.07) is 1.09. The SMILES string of the molecule is [C-]#[N+]C(F)C#N.[C-]#[O+].[C-]#[O+].[C-]#[O+].[C-]#[O+].[C-]#[O+].[Cr]. The third kappa shape index (κ3) is 454. The van der Waals surface area contributed by atoms with Crippen molar-refractivity contribution in [2.75, 3.05) is 0 Å². The predicted molar refractivity (Wildman–Crippen MR) is 36.8 cm³/mol. The van der Waals surface area contributed by atoms with Gasteiger partial charge in [0, 0.05) is 17.4 Å². The molecule has 0 aliphatic rings. The van der Waals surface area contributed by atoms with Crippen molar-refractivity contribution in [1.29, 1.82) is 5.26 Å². The average Bonchev–Trinajstić information content (AvgIpc) is 2.48. The van der Waals surface area contributed by atoms with Gasteiger partial charge in [-0.15, -0.1) is 4.39 Å². The molecule has 7 nitrogen and oxygen atoms in total. The van der Waals surface area contributed by atoms with E-state index in [1.807, 2.05) is 0 Å². The van der Waals surface area contributed by atoms with Gasteiger partial charge >= 0.3 is 62.8 Å². The van der Waals surface area contributed by atoms with E-state index < -0.39 is 6.30 Å². The minimum atomic E-state index is -1.97. The van der Waals surface area contributed by atoms with Crippen LogP contribution >= 0.6 is 0 Å². The first-order chi connectivity index (χ1) is 7.81. The molecule has 0 N–H and O–H groups in total. The molecule has 0 heterocycles. The quantitative estimate of drug-likeness (QED) is 0.357.